The van der Waals surface area contributed by atoms with E-state index in [1.807, 2.05) is 32.9 Å². The molecular formula is C17H28N2O2. The summed E-state index contributed by atoms with van der Waals surface area (Å²) in [5.74, 6) is -0.105. The van der Waals surface area contributed by atoms with Gasteiger partial charge in [-0.05, 0) is 57.9 Å². The molecule has 4 heteroatoms. The second-order valence-electron chi connectivity index (χ2n) is 5.41. The number of anilines is 2. The largest absolute Gasteiger partial charge is 0.372 e. The number of nitrogens with one attached hydrogen (secondary N) is 1. The van der Waals surface area contributed by atoms with Crippen LogP contribution >= 0.6 is 0 Å². The Morgan fingerprint density at radius 1 is 1.29 bits per heavy atom. The molecular weight excluding hydrogens is 264 g/mol. The zero-order chi connectivity index (χ0) is 16.0. The van der Waals surface area contributed by atoms with Crippen molar-refractivity contribution in [2.24, 2.45) is 0 Å². The third-order valence-corrected chi connectivity index (χ3v) is 4.19. The van der Waals surface area contributed by atoms with Crippen molar-refractivity contribution >= 4 is 17.3 Å². The molecule has 21 heavy (non-hydrogen) atoms. The molecule has 1 rings (SSSR count). The fraction of sp³-hybridized carbons (Fsp3) is 0.588. The molecule has 0 saturated carbocycles. The minimum absolute atomic E-state index is 0.105. The monoisotopic (exact) mass is 292 g/mol. The van der Waals surface area contributed by atoms with E-state index in [0.717, 1.165) is 24.3 Å². The van der Waals surface area contributed by atoms with E-state index < -0.39 is 5.60 Å². The maximum absolute atomic E-state index is 12.3. The van der Waals surface area contributed by atoms with Gasteiger partial charge in [0.25, 0.3) is 5.91 Å². The number of benzene rings is 1. The van der Waals surface area contributed by atoms with Gasteiger partial charge >= 0.3 is 0 Å². The molecule has 0 radical (unpaired) electrons. The minimum atomic E-state index is -0.788. The first kappa shape index (κ1) is 17.5. The summed E-state index contributed by atoms with van der Waals surface area (Å²) in [5, 5.41) is 2.97. The molecule has 0 aliphatic rings. The number of carbonyl (C=O) groups is 1. The Morgan fingerprint density at radius 3 is 2.33 bits per heavy atom. The standard InChI is InChI=1S/C17H28N2O2/c1-7-17(5,21-6)16(20)18-15-11-10-14(12-13(15)4)19(8-2)9-3/h10-12H,7-9H2,1-6H3,(H,18,20). The predicted octanol–water partition coefficient (Wildman–Crippen LogP) is 3.59. The number of rotatable bonds is 7. The lowest BCUT2D eigenvalue weighted by Crippen LogP contribution is -2.41. The Morgan fingerprint density at radius 2 is 1.90 bits per heavy atom. The smallest absolute Gasteiger partial charge is 0.256 e. The molecule has 0 heterocycles. The number of hydrogen-bond acceptors (Lipinski definition) is 3. The van der Waals surface area contributed by atoms with Gasteiger partial charge in [0.05, 0.1) is 0 Å². The molecule has 1 aromatic rings. The molecule has 0 aliphatic heterocycles. The molecule has 0 bridgehead atoms. The molecule has 0 aliphatic carbocycles. The summed E-state index contributed by atoms with van der Waals surface area (Å²) < 4.78 is 5.34. The van der Waals surface area contributed by atoms with Crippen LogP contribution in [0.4, 0.5) is 11.4 Å². The van der Waals surface area contributed by atoms with E-state index in [9.17, 15) is 4.79 Å². The summed E-state index contributed by atoms with van der Waals surface area (Å²) in [6.45, 7) is 12.0. The van der Waals surface area contributed by atoms with Crippen LogP contribution in [0.2, 0.25) is 0 Å². The average Bonchev–Trinajstić information content (AvgIpc) is 2.50. The van der Waals surface area contributed by atoms with Gasteiger partial charge in [-0.2, -0.15) is 0 Å². The van der Waals surface area contributed by atoms with Gasteiger partial charge in [0.2, 0.25) is 0 Å². The third kappa shape index (κ3) is 3.97. The van der Waals surface area contributed by atoms with Crippen molar-refractivity contribution in [3.63, 3.8) is 0 Å². The van der Waals surface area contributed by atoms with Gasteiger partial charge in [-0.1, -0.05) is 6.92 Å². The van der Waals surface area contributed by atoms with Gasteiger partial charge in [-0.15, -0.1) is 0 Å². The van der Waals surface area contributed by atoms with E-state index in [1.54, 1.807) is 7.11 Å². The summed E-state index contributed by atoms with van der Waals surface area (Å²) in [6.07, 6.45) is 0.631. The fourth-order valence-corrected chi connectivity index (χ4v) is 2.23. The minimum Gasteiger partial charge on any atom is -0.372 e. The first-order valence-electron chi connectivity index (χ1n) is 7.64. The van der Waals surface area contributed by atoms with Crippen molar-refractivity contribution in [1.29, 1.82) is 0 Å². The van der Waals surface area contributed by atoms with E-state index in [1.165, 1.54) is 5.69 Å². The summed E-state index contributed by atoms with van der Waals surface area (Å²) in [7, 11) is 1.57. The topological polar surface area (TPSA) is 41.6 Å². The summed E-state index contributed by atoms with van der Waals surface area (Å²) in [4.78, 5) is 14.6. The Hall–Kier alpha value is -1.55. The molecule has 118 valence electrons. The highest BCUT2D eigenvalue weighted by atomic mass is 16.5. The highest BCUT2D eigenvalue weighted by Crippen LogP contribution is 2.24. The van der Waals surface area contributed by atoms with E-state index in [2.05, 4.69) is 30.1 Å². The molecule has 1 atom stereocenters. The van der Waals surface area contributed by atoms with Crippen LogP contribution < -0.4 is 10.2 Å². The molecule has 1 N–H and O–H groups in total. The molecule has 1 unspecified atom stereocenters. The van der Waals surface area contributed by atoms with Crippen molar-refractivity contribution in [2.75, 3.05) is 30.4 Å². The van der Waals surface area contributed by atoms with Crippen LogP contribution in [0.1, 0.15) is 39.7 Å². The number of amides is 1. The summed E-state index contributed by atoms with van der Waals surface area (Å²) in [5.41, 5.74) is 2.29. The van der Waals surface area contributed by atoms with Crippen LogP contribution in [0.15, 0.2) is 18.2 Å². The maximum atomic E-state index is 12.3. The summed E-state index contributed by atoms with van der Waals surface area (Å²) in [6, 6.07) is 6.12. The first-order valence-corrected chi connectivity index (χ1v) is 7.64. The molecule has 1 aromatic carbocycles. The second-order valence-corrected chi connectivity index (χ2v) is 5.41. The van der Waals surface area contributed by atoms with Crippen molar-refractivity contribution in [3.05, 3.63) is 23.8 Å². The van der Waals surface area contributed by atoms with Gasteiger partial charge in [0.1, 0.15) is 5.60 Å². The van der Waals surface area contributed by atoms with Crippen LogP contribution in [-0.4, -0.2) is 31.7 Å². The van der Waals surface area contributed by atoms with Crippen LogP contribution in [0.3, 0.4) is 0 Å². The van der Waals surface area contributed by atoms with E-state index in [-0.39, 0.29) is 5.91 Å². The van der Waals surface area contributed by atoms with Gasteiger partial charge < -0.3 is 15.0 Å². The van der Waals surface area contributed by atoms with E-state index in [0.29, 0.717) is 6.42 Å². The van der Waals surface area contributed by atoms with Crippen LogP contribution in [-0.2, 0) is 9.53 Å². The highest BCUT2D eigenvalue weighted by molar-refractivity contribution is 5.97. The van der Waals surface area contributed by atoms with Gasteiger partial charge in [0, 0.05) is 31.6 Å². The zero-order valence-electron chi connectivity index (χ0n) is 14.1. The molecule has 0 aromatic heterocycles. The number of aryl methyl sites for hydroxylation is 1. The highest BCUT2D eigenvalue weighted by Gasteiger charge is 2.31. The Labute approximate surface area is 128 Å². The average molecular weight is 292 g/mol. The van der Waals surface area contributed by atoms with Gasteiger partial charge in [0.15, 0.2) is 0 Å². The Balaban J connectivity index is 2.94. The maximum Gasteiger partial charge on any atom is 0.256 e. The van der Waals surface area contributed by atoms with Gasteiger partial charge in [-0.3, -0.25) is 4.79 Å². The van der Waals surface area contributed by atoms with Crippen molar-refractivity contribution < 1.29 is 9.53 Å². The Bertz CT molecular complexity index is 478. The lowest BCUT2D eigenvalue weighted by molar-refractivity contribution is -0.136. The lowest BCUT2D eigenvalue weighted by atomic mass is 10.0. The van der Waals surface area contributed by atoms with Crippen molar-refractivity contribution in [1.82, 2.24) is 0 Å². The van der Waals surface area contributed by atoms with Crippen LogP contribution in [0.25, 0.3) is 0 Å². The lowest BCUT2D eigenvalue weighted by Gasteiger charge is -2.26. The predicted molar refractivity (Wildman–Crippen MR) is 89.1 cm³/mol. The molecule has 0 spiro atoms. The van der Waals surface area contributed by atoms with Crippen LogP contribution in [0.5, 0.6) is 0 Å². The van der Waals surface area contributed by atoms with E-state index in [4.69, 9.17) is 4.74 Å². The number of ether oxygens (including phenoxy) is 1. The number of carbonyl (C=O) groups excluding carboxylic acids is 1. The SMILES string of the molecule is CCN(CC)c1ccc(NC(=O)C(C)(CC)OC)c(C)c1. The third-order valence-electron chi connectivity index (χ3n) is 4.19. The zero-order valence-corrected chi connectivity index (χ0v) is 14.1. The van der Waals surface area contributed by atoms with Crippen LogP contribution in [0, 0.1) is 6.92 Å². The molecule has 0 saturated heterocycles. The van der Waals surface area contributed by atoms with Crippen molar-refractivity contribution in [3.8, 4) is 0 Å². The Kier molecular flexibility index (Phi) is 6.21. The van der Waals surface area contributed by atoms with Crippen molar-refractivity contribution in [2.45, 2.75) is 46.6 Å². The number of hydrogen-bond donors (Lipinski definition) is 1. The fourth-order valence-electron chi connectivity index (χ4n) is 2.23. The second kappa shape index (κ2) is 7.46. The van der Waals surface area contributed by atoms with E-state index >= 15 is 0 Å². The molecule has 1 amide bonds. The summed E-state index contributed by atoms with van der Waals surface area (Å²) >= 11 is 0. The van der Waals surface area contributed by atoms with Gasteiger partial charge in [-0.25, -0.2) is 0 Å². The number of nitrogens with zero attached hydrogens (tertiary/aromatic N) is 1. The first-order chi connectivity index (χ1) is 9.91. The number of methoxy groups -OCH3 is 1. The molecule has 4 nitrogen and oxygen atoms in total. The normalized spacial score (nSPS) is 13.6. The quantitative estimate of drug-likeness (QED) is 0.835. The molecule has 0 fully saturated rings.